The van der Waals surface area contributed by atoms with Crippen LogP contribution in [0.4, 0.5) is 4.39 Å². The minimum absolute atomic E-state index is 0.0231. The van der Waals surface area contributed by atoms with Crippen molar-refractivity contribution >= 4 is 23.5 Å². The Balaban J connectivity index is 2.81. The van der Waals surface area contributed by atoms with E-state index in [1.165, 1.54) is 19.1 Å². The Bertz CT molecular complexity index is 436. The fourth-order valence-corrected chi connectivity index (χ4v) is 1.10. The van der Waals surface area contributed by atoms with E-state index >= 15 is 0 Å². The number of carbonyl (C=O) groups excluding carboxylic acids is 1. The lowest BCUT2D eigenvalue weighted by Gasteiger charge is -2.09. The Morgan fingerprint density at radius 1 is 1.50 bits per heavy atom. The summed E-state index contributed by atoms with van der Waals surface area (Å²) in [5.74, 6) is -2.55. The molecular weight excluding hydrogens is 237 g/mol. The molecule has 16 heavy (non-hydrogen) atoms. The quantitative estimate of drug-likeness (QED) is 0.852. The summed E-state index contributed by atoms with van der Waals surface area (Å²) in [5.41, 5.74) is 0.0231. The zero-order valence-corrected chi connectivity index (χ0v) is 9.08. The second kappa shape index (κ2) is 4.94. The van der Waals surface area contributed by atoms with Gasteiger partial charge in [-0.05, 0) is 25.1 Å². The molecule has 4 nitrogen and oxygen atoms in total. The van der Waals surface area contributed by atoms with Crippen LogP contribution < -0.4 is 5.32 Å². The number of hydrogen-bond donors (Lipinski definition) is 2. The zero-order valence-electron chi connectivity index (χ0n) is 8.33. The van der Waals surface area contributed by atoms with Gasteiger partial charge in [-0.2, -0.15) is 0 Å². The van der Waals surface area contributed by atoms with Crippen LogP contribution in [0, 0.1) is 5.82 Å². The van der Waals surface area contributed by atoms with Crippen LogP contribution in [-0.2, 0) is 4.79 Å². The zero-order chi connectivity index (χ0) is 12.3. The van der Waals surface area contributed by atoms with E-state index in [0.29, 0.717) is 0 Å². The van der Waals surface area contributed by atoms with E-state index < -0.39 is 23.7 Å². The minimum Gasteiger partial charge on any atom is -0.480 e. The van der Waals surface area contributed by atoms with Gasteiger partial charge in [-0.3, -0.25) is 9.59 Å². The van der Waals surface area contributed by atoms with Gasteiger partial charge in [-0.15, -0.1) is 0 Å². The van der Waals surface area contributed by atoms with Gasteiger partial charge >= 0.3 is 5.97 Å². The first kappa shape index (κ1) is 12.4. The summed E-state index contributed by atoms with van der Waals surface area (Å²) < 4.78 is 13.0. The van der Waals surface area contributed by atoms with Gasteiger partial charge in [0.15, 0.2) is 0 Å². The highest BCUT2D eigenvalue weighted by Gasteiger charge is 2.15. The molecule has 6 heteroatoms. The lowest BCUT2D eigenvalue weighted by atomic mass is 10.2. The van der Waals surface area contributed by atoms with Crippen LogP contribution in [0.25, 0.3) is 0 Å². The highest BCUT2D eigenvalue weighted by atomic mass is 35.5. The fourth-order valence-electron chi connectivity index (χ4n) is 0.979. The van der Waals surface area contributed by atoms with Gasteiger partial charge in [0.25, 0.3) is 5.91 Å². The number of carbonyl (C=O) groups is 2. The Morgan fingerprint density at radius 3 is 2.62 bits per heavy atom. The van der Waals surface area contributed by atoms with Gasteiger partial charge in [-0.1, -0.05) is 11.6 Å². The molecule has 1 aromatic carbocycles. The molecule has 0 aliphatic rings. The molecular formula is C10H9ClFNO3. The first-order valence-corrected chi connectivity index (χ1v) is 4.78. The first-order valence-electron chi connectivity index (χ1n) is 4.40. The van der Waals surface area contributed by atoms with Crippen LogP contribution in [0.1, 0.15) is 17.3 Å². The maximum Gasteiger partial charge on any atom is 0.325 e. The van der Waals surface area contributed by atoms with E-state index in [-0.39, 0.29) is 10.6 Å². The molecule has 1 atom stereocenters. The van der Waals surface area contributed by atoms with Crippen LogP contribution >= 0.6 is 11.6 Å². The topological polar surface area (TPSA) is 66.4 Å². The van der Waals surface area contributed by atoms with Crippen LogP contribution in [-0.4, -0.2) is 23.0 Å². The second-order valence-electron chi connectivity index (χ2n) is 3.16. The number of carboxylic acids is 1. The van der Waals surface area contributed by atoms with E-state index in [1.807, 2.05) is 0 Å². The predicted molar refractivity (Wildman–Crippen MR) is 56.0 cm³/mol. The third-order valence-electron chi connectivity index (χ3n) is 1.90. The fraction of sp³-hybridized carbons (Fsp3) is 0.200. The van der Waals surface area contributed by atoms with E-state index in [9.17, 15) is 14.0 Å². The molecule has 0 aliphatic heterocycles. The van der Waals surface area contributed by atoms with Crippen molar-refractivity contribution in [3.8, 4) is 0 Å². The van der Waals surface area contributed by atoms with Gasteiger partial charge < -0.3 is 10.4 Å². The van der Waals surface area contributed by atoms with Crippen LogP contribution in [0.2, 0.25) is 5.02 Å². The summed E-state index contributed by atoms with van der Waals surface area (Å²) in [6.45, 7) is 1.31. The normalized spacial score (nSPS) is 11.9. The Hall–Kier alpha value is -1.62. The summed E-state index contributed by atoms with van der Waals surface area (Å²) >= 11 is 5.44. The summed E-state index contributed by atoms with van der Waals surface area (Å²) in [6, 6.07) is 2.46. The van der Waals surface area contributed by atoms with Crippen molar-refractivity contribution < 1.29 is 19.1 Å². The van der Waals surface area contributed by atoms with Crippen molar-refractivity contribution in [2.45, 2.75) is 13.0 Å². The number of hydrogen-bond acceptors (Lipinski definition) is 2. The molecule has 0 unspecified atom stereocenters. The predicted octanol–water partition coefficient (Wildman–Crippen LogP) is 1.68. The third kappa shape index (κ3) is 2.93. The molecule has 0 fully saturated rings. The highest BCUT2D eigenvalue weighted by molar-refractivity contribution is 6.30. The molecule has 0 saturated heterocycles. The maximum atomic E-state index is 13.0. The van der Waals surface area contributed by atoms with Crippen LogP contribution in [0.15, 0.2) is 18.2 Å². The molecule has 1 rings (SSSR count). The molecule has 0 aromatic heterocycles. The maximum absolute atomic E-state index is 13.0. The van der Waals surface area contributed by atoms with Gasteiger partial charge in [-0.25, -0.2) is 4.39 Å². The average molecular weight is 246 g/mol. The number of rotatable bonds is 3. The standard InChI is InChI=1S/C10H9ClFNO3/c1-5(10(15)16)13-9(14)6-2-3-7(11)8(12)4-6/h2-5H,1H3,(H,13,14)(H,15,16)/t5-/m1/s1. The average Bonchev–Trinajstić information content (AvgIpc) is 2.21. The summed E-state index contributed by atoms with van der Waals surface area (Å²) in [5, 5.41) is 10.7. The lowest BCUT2D eigenvalue weighted by Crippen LogP contribution is -2.38. The molecule has 0 aliphatic carbocycles. The Labute approximate surface area is 96.0 Å². The second-order valence-corrected chi connectivity index (χ2v) is 3.57. The summed E-state index contributed by atoms with van der Waals surface area (Å²) in [7, 11) is 0. The van der Waals surface area contributed by atoms with E-state index in [4.69, 9.17) is 16.7 Å². The monoisotopic (exact) mass is 245 g/mol. The number of halogens is 2. The largest absolute Gasteiger partial charge is 0.480 e. The smallest absolute Gasteiger partial charge is 0.325 e. The minimum atomic E-state index is -1.16. The SMILES string of the molecule is C[C@@H](NC(=O)c1ccc(Cl)c(F)c1)C(=O)O. The van der Waals surface area contributed by atoms with E-state index in [1.54, 1.807) is 0 Å². The highest BCUT2D eigenvalue weighted by Crippen LogP contribution is 2.15. The van der Waals surface area contributed by atoms with Crippen LogP contribution in [0.3, 0.4) is 0 Å². The first-order chi connectivity index (χ1) is 7.41. The van der Waals surface area contributed by atoms with Crippen molar-refractivity contribution in [1.29, 1.82) is 0 Å². The third-order valence-corrected chi connectivity index (χ3v) is 2.21. The Morgan fingerprint density at radius 2 is 2.12 bits per heavy atom. The van der Waals surface area contributed by atoms with Gasteiger partial charge in [0.1, 0.15) is 11.9 Å². The number of nitrogens with one attached hydrogen (secondary N) is 1. The summed E-state index contributed by atoms with van der Waals surface area (Å²) in [4.78, 5) is 21.9. The van der Waals surface area contributed by atoms with Gasteiger partial charge in [0, 0.05) is 5.56 Å². The van der Waals surface area contributed by atoms with Gasteiger partial charge in [0.05, 0.1) is 5.02 Å². The number of carboxylic acid groups (broad SMARTS) is 1. The molecule has 1 aromatic rings. The van der Waals surface area contributed by atoms with Crippen molar-refractivity contribution in [2.75, 3.05) is 0 Å². The molecule has 0 heterocycles. The van der Waals surface area contributed by atoms with Crippen LogP contribution in [0.5, 0.6) is 0 Å². The number of benzene rings is 1. The van der Waals surface area contributed by atoms with Crippen molar-refractivity contribution in [3.63, 3.8) is 0 Å². The molecule has 0 spiro atoms. The molecule has 0 bridgehead atoms. The Kier molecular flexibility index (Phi) is 3.84. The van der Waals surface area contributed by atoms with E-state index in [0.717, 1.165) is 6.07 Å². The number of amides is 1. The van der Waals surface area contributed by atoms with Crippen molar-refractivity contribution in [2.24, 2.45) is 0 Å². The van der Waals surface area contributed by atoms with E-state index in [2.05, 4.69) is 5.32 Å². The molecule has 86 valence electrons. The molecule has 2 N–H and O–H groups in total. The van der Waals surface area contributed by atoms with Gasteiger partial charge in [0.2, 0.25) is 0 Å². The summed E-state index contributed by atoms with van der Waals surface area (Å²) in [6.07, 6.45) is 0. The molecule has 0 radical (unpaired) electrons. The molecule has 0 saturated carbocycles. The number of aliphatic carboxylic acids is 1. The van der Waals surface area contributed by atoms with Crippen molar-refractivity contribution in [1.82, 2.24) is 5.32 Å². The lowest BCUT2D eigenvalue weighted by molar-refractivity contribution is -0.138. The van der Waals surface area contributed by atoms with Crippen molar-refractivity contribution in [3.05, 3.63) is 34.6 Å². The molecule has 1 amide bonds.